The Morgan fingerprint density at radius 1 is 1.03 bits per heavy atom. The highest BCUT2D eigenvalue weighted by Crippen LogP contribution is 2.25. The molecule has 0 spiro atoms. The third-order valence-corrected chi connectivity index (χ3v) is 5.01. The standard InChI is InChI=1S/C24H19N7O/c1-3-14(2)27-24(32)21-12-16-10-15(4-6-19(16)29-21)23-25-9-8-22(30-23)28-18-5-7-20-17(11-18)13-26-31-20/h3-13,29H,1-2H2,(H,26,31)(H,27,32)(H,25,28,30). The van der Waals surface area contributed by atoms with Crippen molar-refractivity contribution in [1.82, 2.24) is 30.5 Å². The van der Waals surface area contributed by atoms with Gasteiger partial charge in [-0.2, -0.15) is 5.10 Å². The minimum Gasteiger partial charge on any atom is -0.351 e. The highest BCUT2D eigenvalue weighted by molar-refractivity contribution is 5.99. The van der Waals surface area contributed by atoms with Crippen LogP contribution in [0.4, 0.5) is 11.5 Å². The minimum absolute atomic E-state index is 0.273. The lowest BCUT2D eigenvalue weighted by atomic mass is 10.1. The van der Waals surface area contributed by atoms with E-state index in [1.54, 1.807) is 18.5 Å². The van der Waals surface area contributed by atoms with Gasteiger partial charge in [0.05, 0.1) is 11.7 Å². The molecule has 0 atom stereocenters. The maximum absolute atomic E-state index is 12.3. The molecule has 8 heteroatoms. The zero-order chi connectivity index (χ0) is 22.1. The number of nitrogens with zero attached hydrogens (tertiary/aromatic N) is 3. The van der Waals surface area contributed by atoms with E-state index in [2.05, 4.69) is 48.9 Å². The van der Waals surface area contributed by atoms with Crippen molar-refractivity contribution in [2.24, 2.45) is 0 Å². The Morgan fingerprint density at radius 2 is 1.91 bits per heavy atom. The second-order valence-electron chi connectivity index (χ2n) is 7.23. The molecule has 0 fully saturated rings. The summed E-state index contributed by atoms with van der Waals surface area (Å²) in [6.45, 7) is 7.30. The summed E-state index contributed by atoms with van der Waals surface area (Å²) in [4.78, 5) is 24.5. The van der Waals surface area contributed by atoms with Crippen LogP contribution in [0.15, 0.2) is 85.9 Å². The van der Waals surface area contributed by atoms with E-state index in [-0.39, 0.29) is 5.91 Å². The molecule has 8 nitrogen and oxygen atoms in total. The summed E-state index contributed by atoms with van der Waals surface area (Å²) < 4.78 is 0. The van der Waals surface area contributed by atoms with Crippen LogP contribution in [0, 0.1) is 0 Å². The SMILES string of the molecule is C=CC(=C)NC(=O)c1cc2cc(-c3nccc(Nc4ccc5[nH]ncc5c4)n3)ccc2[nH]1. The average molecular weight is 421 g/mol. The monoisotopic (exact) mass is 421 g/mol. The molecule has 5 aromatic rings. The molecule has 0 radical (unpaired) electrons. The van der Waals surface area contributed by atoms with Crippen molar-refractivity contribution in [3.05, 3.63) is 91.5 Å². The number of hydrogen-bond donors (Lipinski definition) is 4. The largest absolute Gasteiger partial charge is 0.351 e. The number of H-pyrrole nitrogens is 2. The topological polar surface area (TPSA) is 111 Å². The number of hydrogen-bond acceptors (Lipinski definition) is 5. The predicted octanol–water partition coefficient (Wildman–Crippen LogP) is 4.67. The molecule has 3 heterocycles. The van der Waals surface area contributed by atoms with E-state index in [0.717, 1.165) is 33.1 Å². The number of carbonyl (C=O) groups is 1. The molecule has 0 unspecified atom stereocenters. The number of aromatic amines is 2. The molecule has 4 N–H and O–H groups in total. The van der Waals surface area contributed by atoms with E-state index in [1.807, 2.05) is 42.5 Å². The maximum Gasteiger partial charge on any atom is 0.272 e. The van der Waals surface area contributed by atoms with Crippen molar-refractivity contribution in [3.63, 3.8) is 0 Å². The fraction of sp³-hybridized carbons (Fsp3) is 0. The number of nitrogens with one attached hydrogen (secondary N) is 4. The maximum atomic E-state index is 12.3. The molecule has 0 aliphatic heterocycles. The van der Waals surface area contributed by atoms with Gasteiger partial charge < -0.3 is 15.6 Å². The van der Waals surface area contributed by atoms with E-state index in [4.69, 9.17) is 0 Å². The van der Waals surface area contributed by atoms with E-state index < -0.39 is 0 Å². The zero-order valence-corrected chi connectivity index (χ0v) is 17.0. The van der Waals surface area contributed by atoms with Crippen LogP contribution in [0.1, 0.15) is 10.5 Å². The quantitative estimate of drug-likeness (QED) is 0.298. The van der Waals surface area contributed by atoms with Crippen LogP contribution in [0.2, 0.25) is 0 Å². The first-order chi connectivity index (χ1) is 15.6. The van der Waals surface area contributed by atoms with Crippen LogP contribution in [0.3, 0.4) is 0 Å². The van der Waals surface area contributed by atoms with E-state index in [0.29, 0.717) is 23.0 Å². The summed E-state index contributed by atoms with van der Waals surface area (Å²) in [5, 5.41) is 14.9. The Morgan fingerprint density at radius 3 is 2.78 bits per heavy atom. The van der Waals surface area contributed by atoms with Crippen molar-refractivity contribution in [2.45, 2.75) is 0 Å². The molecule has 0 bridgehead atoms. The molecular weight excluding hydrogens is 402 g/mol. The Hall–Kier alpha value is -4.72. The number of aromatic nitrogens is 5. The molecule has 156 valence electrons. The van der Waals surface area contributed by atoms with Crippen LogP contribution in [-0.2, 0) is 0 Å². The van der Waals surface area contributed by atoms with Gasteiger partial charge in [-0.25, -0.2) is 9.97 Å². The van der Waals surface area contributed by atoms with Gasteiger partial charge in [0.1, 0.15) is 11.5 Å². The van der Waals surface area contributed by atoms with Crippen LogP contribution >= 0.6 is 0 Å². The third-order valence-electron chi connectivity index (χ3n) is 5.01. The first-order valence-corrected chi connectivity index (χ1v) is 9.88. The van der Waals surface area contributed by atoms with Crippen LogP contribution < -0.4 is 10.6 Å². The van der Waals surface area contributed by atoms with E-state index in [1.165, 1.54) is 6.08 Å². The Kier molecular flexibility index (Phi) is 4.72. The smallest absolute Gasteiger partial charge is 0.272 e. The van der Waals surface area contributed by atoms with Crippen molar-refractivity contribution >= 4 is 39.2 Å². The van der Waals surface area contributed by atoms with Crippen LogP contribution in [0.5, 0.6) is 0 Å². The first kappa shape index (κ1) is 19.3. The van der Waals surface area contributed by atoms with Gasteiger partial charge in [-0.15, -0.1) is 0 Å². The number of fused-ring (bicyclic) bond motifs is 2. The van der Waals surface area contributed by atoms with Gasteiger partial charge >= 0.3 is 0 Å². The van der Waals surface area contributed by atoms with Gasteiger partial charge in [0.15, 0.2) is 5.82 Å². The summed E-state index contributed by atoms with van der Waals surface area (Å²) >= 11 is 0. The van der Waals surface area contributed by atoms with Crippen molar-refractivity contribution < 1.29 is 4.79 Å². The molecule has 1 amide bonds. The zero-order valence-electron chi connectivity index (χ0n) is 17.0. The Labute approximate surface area is 183 Å². The lowest BCUT2D eigenvalue weighted by molar-refractivity contribution is 0.0963. The van der Waals surface area contributed by atoms with Crippen LogP contribution in [0.25, 0.3) is 33.2 Å². The van der Waals surface area contributed by atoms with Gasteiger partial charge in [-0.05, 0) is 54.6 Å². The Balaban J connectivity index is 1.41. The molecule has 2 aromatic carbocycles. The van der Waals surface area contributed by atoms with Gasteiger partial charge in [0.2, 0.25) is 0 Å². The predicted molar refractivity (Wildman–Crippen MR) is 126 cm³/mol. The lowest BCUT2D eigenvalue weighted by Gasteiger charge is -2.07. The summed E-state index contributed by atoms with van der Waals surface area (Å²) in [6.07, 6.45) is 4.98. The van der Waals surface area contributed by atoms with E-state index in [9.17, 15) is 4.79 Å². The number of carbonyl (C=O) groups excluding carboxylic acids is 1. The van der Waals surface area contributed by atoms with Crippen molar-refractivity contribution in [2.75, 3.05) is 5.32 Å². The first-order valence-electron chi connectivity index (χ1n) is 9.88. The highest BCUT2D eigenvalue weighted by Gasteiger charge is 2.11. The third kappa shape index (κ3) is 3.72. The molecule has 0 saturated carbocycles. The van der Waals surface area contributed by atoms with Crippen LogP contribution in [-0.4, -0.2) is 31.1 Å². The summed E-state index contributed by atoms with van der Waals surface area (Å²) in [5.74, 6) is 0.980. The molecule has 0 saturated heterocycles. The normalized spacial score (nSPS) is 10.9. The number of rotatable bonds is 6. The number of allylic oxidation sites excluding steroid dienone is 1. The molecule has 0 aliphatic carbocycles. The number of amides is 1. The van der Waals surface area contributed by atoms with Crippen molar-refractivity contribution in [3.8, 4) is 11.4 Å². The van der Waals surface area contributed by atoms with Gasteiger partial charge in [0.25, 0.3) is 5.91 Å². The Bertz CT molecular complexity index is 1490. The van der Waals surface area contributed by atoms with Gasteiger partial charge in [-0.3, -0.25) is 9.89 Å². The summed E-state index contributed by atoms with van der Waals surface area (Å²) in [7, 11) is 0. The summed E-state index contributed by atoms with van der Waals surface area (Å²) in [5.41, 5.74) is 4.44. The van der Waals surface area contributed by atoms with Crippen molar-refractivity contribution in [1.29, 1.82) is 0 Å². The fourth-order valence-electron chi connectivity index (χ4n) is 3.39. The fourth-order valence-corrected chi connectivity index (χ4v) is 3.39. The van der Waals surface area contributed by atoms with E-state index >= 15 is 0 Å². The van der Waals surface area contributed by atoms with Gasteiger partial charge in [-0.1, -0.05) is 13.2 Å². The molecular formula is C24H19N7O. The summed E-state index contributed by atoms with van der Waals surface area (Å²) in [6, 6.07) is 15.3. The average Bonchev–Trinajstić information content (AvgIpc) is 3.45. The molecule has 3 aromatic heterocycles. The highest BCUT2D eigenvalue weighted by atomic mass is 16.1. The second kappa shape index (κ2) is 7.84. The molecule has 5 rings (SSSR count). The van der Waals surface area contributed by atoms with Gasteiger partial charge in [0, 0.05) is 39.4 Å². The minimum atomic E-state index is -0.273. The second-order valence-corrected chi connectivity index (χ2v) is 7.23. The molecule has 0 aliphatic rings. The number of anilines is 2. The molecule has 32 heavy (non-hydrogen) atoms. The number of benzene rings is 2. The lowest BCUT2D eigenvalue weighted by Crippen LogP contribution is -2.21.